The molecule has 0 aliphatic carbocycles. The molecule has 0 saturated carbocycles. The van der Waals surface area contributed by atoms with Crippen LogP contribution in [0.4, 0.5) is 9.93 Å². The van der Waals surface area contributed by atoms with Gasteiger partial charge in [0.25, 0.3) is 11.8 Å². The second-order valence-electron chi connectivity index (χ2n) is 6.90. The number of amides is 3. The fraction of sp³-hybridized carbons (Fsp3) is 0.438. The van der Waals surface area contributed by atoms with Crippen LogP contribution < -0.4 is 16.8 Å². The van der Waals surface area contributed by atoms with Crippen molar-refractivity contribution in [3.63, 3.8) is 0 Å². The number of β-lactam (4-membered cyclic amide) rings is 1. The number of carbonyl (C=O) groups excluding carboxylic acids is 3. The van der Waals surface area contributed by atoms with Gasteiger partial charge in [0.1, 0.15) is 24.4 Å². The summed E-state index contributed by atoms with van der Waals surface area (Å²) in [5, 5.41) is 25.8. The van der Waals surface area contributed by atoms with Crippen LogP contribution in [0.25, 0.3) is 0 Å². The van der Waals surface area contributed by atoms with Crippen molar-refractivity contribution in [3.8, 4) is 0 Å². The Bertz CT molecular complexity index is 992. The number of primary amides is 1. The van der Waals surface area contributed by atoms with Gasteiger partial charge in [0.2, 0.25) is 5.60 Å². The maximum absolute atomic E-state index is 12.9. The van der Waals surface area contributed by atoms with Crippen LogP contribution in [0, 0.1) is 0 Å². The topological polar surface area (TPSA) is 246 Å². The molecule has 1 saturated heterocycles. The number of aliphatic carboxylic acids is 2. The van der Waals surface area contributed by atoms with Crippen LogP contribution >= 0.6 is 11.3 Å². The number of nitrogen functional groups attached to an aromatic ring is 1. The van der Waals surface area contributed by atoms with E-state index in [1.165, 1.54) is 19.2 Å². The van der Waals surface area contributed by atoms with E-state index in [0.717, 1.165) is 11.3 Å². The number of hydrogen-bond donors (Lipinski definition) is 5. The molecule has 2 atom stereocenters. The van der Waals surface area contributed by atoms with E-state index in [-0.39, 0.29) is 10.8 Å². The summed E-state index contributed by atoms with van der Waals surface area (Å²) in [5.74, 6) is -4.61. The molecule has 1 aromatic rings. The average molecular weight is 488 g/mol. The number of rotatable bonds is 11. The number of carboxylic acids is 2. The van der Waals surface area contributed by atoms with E-state index in [1.54, 1.807) is 0 Å². The van der Waals surface area contributed by atoms with Crippen molar-refractivity contribution >= 4 is 52.0 Å². The number of anilines is 1. The van der Waals surface area contributed by atoms with E-state index in [0.29, 0.717) is 5.06 Å². The number of nitrogens with one attached hydrogen (secondary N) is 1. The number of aromatic nitrogens is 1. The third-order valence-electron chi connectivity index (χ3n) is 4.04. The van der Waals surface area contributed by atoms with E-state index < -0.39 is 66.5 Å². The zero-order valence-corrected chi connectivity index (χ0v) is 18.0. The summed E-state index contributed by atoms with van der Waals surface area (Å²) >= 11 is 0.962. The second kappa shape index (κ2) is 10.1. The van der Waals surface area contributed by atoms with Gasteiger partial charge < -0.3 is 36.6 Å². The number of hydrogen-bond acceptors (Lipinski definition) is 12. The normalized spacial score (nSPS) is 18.3. The van der Waals surface area contributed by atoms with E-state index in [4.69, 9.17) is 31.4 Å². The molecule has 0 aromatic carbocycles. The van der Waals surface area contributed by atoms with Gasteiger partial charge in [-0.3, -0.25) is 14.4 Å². The summed E-state index contributed by atoms with van der Waals surface area (Å²) in [6, 6.07) is -2.45. The monoisotopic (exact) mass is 488 g/mol. The van der Waals surface area contributed by atoms with Crippen LogP contribution in [0.15, 0.2) is 10.5 Å². The van der Waals surface area contributed by atoms with Gasteiger partial charge in [0.05, 0.1) is 0 Å². The lowest BCUT2D eigenvalue weighted by Crippen LogP contribution is -2.72. The quantitative estimate of drug-likeness (QED) is 0.130. The SMILES string of the molecule is CC(C)(ON=C(C(=O)N[C@H]1C(=O)N(OCC(=O)O)[C@@H]1COC(N)=O)c1csc(N)n1)C(=O)O. The van der Waals surface area contributed by atoms with Crippen LogP contribution in [0.5, 0.6) is 0 Å². The highest BCUT2D eigenvalue weighted by Gasteiger charge is 2.51. The largest absolute Gasteiger partial charge is 0.479 e. The number of carbonyl (C=O) groups is 5. The number of ether oxygens (including phenoxy) is 1. The minimum Gasteiger partial charge on any atom is -0.479 e. The van der Waals surface area contributed by atoms with Gasteiger partial charge in [-0.15, -0.1) is 11.3 Å². The Labute approximate surface area is 189 Å². The number of thiazole rings is 1. The van der Waals surface area contributed by atoms with E-state index in [2.05, 4.69) is 20.2 Å². The number of oxime groups is 1. The lowest BCUT2D eigenvalue weighted by atomic mass is 9.98. The molecule has 16 nitrogen and oxygen atoms in total. The summed E-state index contributed by atoms with van der Waals surface area (Å²) in [6.45, 7) is 0.981. The number of nitrogens with zero attached hydrogens (tertiary/aromatic N) is 3. The summed E-state index contributed by atoms with van der Waals surface area (Å²) in [5.41, 5.74) is 8.12. The summed E-state index contributed by atoms with van der Waals surface area (Å²) in [6.07, 6.45) is -1.18. The maximum atomic E-state index is 12.9. The van der Waals surface area contributed by atoms with Crippen LogP contribution in [-0.2, 0) is 33.6 Å². The molecule has 0 spiro atoms. The first kappa shape index (κ1) is 25.3. The average Bonchev–Trinajstić information content (AvgIpc) is 3.13. The van der Waals surface area contributed by atoms with Gasteiger partial charge in [-0.1, -0.05) is 5.16 Å². The lowest BCUT2D eigenvalue weighted by molar-refractivity contribution is -0.240. The zero-order chi connectivity index (χ0) is 24.9. The minimum absolute atomic E-state index is 0.0631. The van der Waals surface area contributed by atoms with Crippen LogP contribution in [0.3, 0.4) is 0 Å². The number of nitrogens with two attached hydrogens (primary N) is 2. The maximum Gasteiger partial charge on any atom is 0.404 e. The van der Waals surface area contributed by atoms with Crippen molar-refractivity contribution in [2.75, 3.05) is 18.9 Å². The molecule has 17 heteroatoms. The van der Waals surface area contributed by atoms with Gasteiger partial charge in [0, 0.05) is 5.38 Å². The predicted octanol–water partition coefficient (Wildman–Crippen LogP) is -1.88. The molecule has 1 aromatic heterocycles. The molecule has 1 aliphatic heterocycles. The number of hydroxylamine groups is 2. The molecule has 2 rings (SSSR count). The fourth-order valence-electron chi connectivity index (χ4n) is 2.30. The Hall–Kier alpha value is -3.99. The molecule has 7 N–H and O–H groups in total. The molecule has 0 unspecified atom stereocenters. The van der Waals surface area contributed by atoms with Gasteiger partial charge in [-0.2, -0.15) is 0 Å². The first-order chi connectivity index (χ1) is 15.3. The smallest absolute Gasteiger partial charge is 0.404 e. The molecule has 3 amide bonds. The van der Waals surface area contributed by atoms with E-state index in [1.807, 2.05) is 0 Å². The third kappa shape index (κ3) is 6.26. The highest BCUT2D eigenvalue weighted by Crippen LogP contribution is 2.22. The van der Waals surface area contributed by atoms with E-state index in [9.17, 15) is 24.0 Å². The van der Waals surface area contributed by atoms with Gasteiger partial charge >= 0.3 is 18.0 Å². The lowest BCUT2D eigenvalue weighted by Gasteiger charge is -2.44. The Morgan fingerprint density at radius 1 is 1.33 bits per heavy atom. The molecule has 0 bridgehead atoms. The van der Waals surface area contributed by atoms with Crippen molar-refractivity contribution < 1.29 is 48.6 Å². The molecule has 0 radical (unpaired) electrons. The van der Waals surface area contributed by atoms with Gasteiger partial charge in [-0.05, 0) is 13.8 Å². The fourth-order valence-corrected chi connectivity index (χ4v) is 2.85. The highest BCUT2D eigenvalue weighted by molar-refractivity contribution is 7.13. The number of carboxylic acid groups (broad SMARTS) is 2. The molecule has 33 heavy (non-hydrogen) atoms. The molecule has 1 fully saturated rings. The summed E-state index contributed by atoms with van der Waals surface area (Å²) in [4.78, 5) is 71.8. The van der Waals surface area contributed by atoms with Crippen molar-refractivity contribution in [2.45, 2.75) is 31.5 Å². The standard InChI is InChI=1S/C16H20N6O10S/c1-16(2,13(27)28)32-21-9(6-5-33-14(17)19-6)11(25)20-10-7(3-30-15(18)29)22(12(10)26)31-4-8(23)24/h5,7,10H,3-4H2,1-2H3,(H2,17,19)(H2,18,29)(H,20,25)(H,23,24)(H,27,28)/t7-,10-/m1/s1. The minimum atomic E-state index is -1.81. The van der Waals surface area contributed by atoms with E-state index >= 15 is 0 Å². The van der Waals surface area contributed by atoms with Crippen molar-refractivity contribution in [1.82, 2.24) is 15.4 Å². The molecular weight excluding hydrogens is 468 g/mol. The Morgan fingerprint density at radius 3 is 2.52 bits per heavy atom. The van der Waals surface area contributed by atoms with Crippen LogP contribution in [0.2, 0.25) is 0 Å². The van der Waals surface area contributed by atoms with Crippen molar-refractivity contribution in [1.29, 1.82) is 0 Å². The molecule has 2 heterocycles. The van der Waals surface area contributed by atoms with Crippen LogP contribution in [-0.4, -0.2) is 86.7 Å². The molecular formula is C16H20N6O10S. The van der Waals surface area contributed by atoms with Crippen LogP contribution in [0.1, 0.15) is 19.5 Å². The van der Waals surface area contributed by atoms with Crippen molar-refractivity contribution in [2.24, 2.45) is 10.9 Å². The summed E-state index contributed by atoms with van der Waals surface area (Å²) in [7, 11) is 0. The Balaban J connectivity index is 2.24. The zero-order valence-electron chi connectivity index (χ0n) is 17.2. The highest BCUT2D eigenvalue weighted by atomic mass is 32.1. The second-order valence-corrected chi connectivity index (χ2v) is 7.79. The van der Waals surface area contributed by atoms with Crippen molar-refractivity contribution in [3.05, 3.63) is 11.1 Å². The molecule has 180 valence electrons. The Kier molecular flexibility index (Phi) is 7.72. The predicted molar refractivity (Wildman–Crippen MR) is 108 cm³/mol. The Morgan fingerprint density at radius 2 is 2.00 bits per heavy atom. The van der Waals surface area contributed by atoms with Gasteiger partial charge in [0.15, 0.2) is 17.5 Å². The third-order valence-corrected chi connectivity index (χ3v) is 4.71. The van der Waals surface area contributed by atoms with Gasteiger partial charge in [-0.25, -0.2) is 24.4 Å². The first-order valence-electron chi connectivity index (χ1n) is 8.95. The molecule has 1 aliphatic rings. The summed E-state index contributed by atoms with van der Waals surface area (Å²) < 4.78 is 4.63. The first-order valence-corrected chi connectivity index (χ1v) is 9.83.